The molecular formula is C26H22F3NO6S. The number of benzene rings is 3. The lowest BCUT2D eigenvalue weighted by Gasteiger charge is -2.37. The number of carbonyl (C=O) groups is 2. The van der Waals surface area contributed by atoms with Crippen LogP contribution in [0.1, 0.15) is 28.2 Å². The Morgan fingerprint density at radius 1 is 0.919 bits per heavy atom. The summed E-state index contributed by atoms with van der Waals surface area (Å²) >= 11 is 0. The van der Waals surface area contributed by atoms with E-state index in [1.54, 1.807) is 24.3 Å². The van der Waals surface area contributed by atoms with Crippen LogP contribution in [0.3, 0.4) is 0 Å². The van der Waals surface area contributed by atoms with Crippen molar-refractivity contribution in [1.29, 1.82) is 0 Å². The predicted octanol–water partition coefficient (Wildman–Crippen LogP) is 4.17. The Morgan fingerprint density at radius 2 is 1.49 bits per heavy atom. The summed E-state index contributed by atoms with van der Waals surface area (Å²) in [7, 11) is -4.70. The topological polar surface area (TPSA) is 90.0 Å². The molecule has 0 saturated carbocycles. The van der Waals surface area contributed by atoms with E-state index in [-0.39, 0.29) is 18.9 Å². The number of amides is 1. The second-order valence-corrected chi connectivity index (χ2v) is 9.92. The molecule has 37 heavy (non-hydrogen) atoms. The second-order valence-electron chi connectivity index (χ2n) is 8.38. The molecular weight excluding hydrogens is 511 g/mol. The summed E-state index contributed by atoms with van der Waals surface area (Å²) < 4.78 is 70.2. The fourth-order valence-electron chi connectivity index (χ4n) is 4.30. The molecule has 11 heteroatoms. The van der Waals surface area contributed by atoms with E-state index in [0.29, 0.717) is 22.3 Å². The number of carbonyl (C=O) groups excluding carboxylic acids is 2. The van der Waals surface area contributed by atoms with Gasteiger partial charge in [-0.3, -0.25) is 4.79 Å². The largest absolute Gasteiger partial charge is 0.534 e. The minimum absolute atomic E-state index is 0.0452. The van der Waals surface area contributed by atoms with E-state index in [0.717, 1.165) is 12.1 Å². The standard InChI is InChI=1S/C26H22F3NO6S/c1-35-25(32)22-15-20-14-21(36-37(33,34)26(27,28)29)13-12-19(20)16-30(22)24(31)23(17-8-4-2-5-9-17)18-10-6-3-7-11-18/h2-14,22-23H,15-16H2,1H3. The molecule has 1 heterocycles. The Morgan fingerprint density at radius 3 is 2.00 bits per heavy atom. The number of hydrogen-bond donors (Lipinski definition) is 0. The Hall–Kier alpha value is -3.86. The molecule has 0 aromatic heterocycles. The van der Waals surface area contributed by atoms with E-state index in [1.165, 1.54) is 18.1 Å². The first kappa shape index (κ1) is 26.2. The van der Waals surface area contributed by atoms with Crippen molar-refractivity contribution in [3.63, 3.8) is 0 Å². The van der Waals surface area contributed by atoms with E-state index in [4.69, 9.17) is 4.74 Å². The van der Waals surface area contributed by atoms with Gasteiger partial charge in [-0.25, -0.2) is 4.79 Å². The van der Waals surface area contributed by atoms with Gasteiger partial charge in [-0.1, -0.05) is 66.7 Å². The number of nitrogens with zero attached hydrogens (tertiary/aromatic N) is 1. The normalized spacial score (nSPS) is 15.7. The Labute approximate surface area is 211 Å². The smallest absolute Gasteiger partial charge is 0.467 e. The van der Waals surface area contributed by atoms with Crippen molar-refractivity contribution in [1.82, 2.24) is 4.90 Å². The molecule has 3 aromatic carbocycles. The highest BCUT2D eigenvalue weighted by atomic mass is 32.2. The Bertz CT molecular complexity index is 1360. The van der Waals surface area contributed by atoms with Crippen molar-refractivity contribution in [3.05, 3.63) is 101 Å². The molecule has 0 N–H and O–H groups in total. The number of rotatable bonds is 6. The number of halogens is 3. The SMILES string of the molecule is COC(=O)C1Cc2cc(OS(=O)(=O)C(F)(F)F)ccc2CN1C(=O)C(c1ccccc1)c1ccccc1. The lowest BCUT2D eigenvalue weighted by atomic mass is 9.87. The van der Waals surface area contributed by atoms with Gasteiger partial charge in [0.05, 0.1) is 13.0 Å². The molecule has 0 aliphatic carbocycles. The van der Waals surface area contributed by atoms with Crippen LogP contribution in [0.4, 0.5) is 13.2 Å². The molecule has 4 rings (SSSR count). The van der Waals surface area contributed by atoms with Gasteiger partial charge in [0, 0.05) is 13.0 Å². The lowest BCUT2D eigenvalue weighted by molar-refractivity contribution is -0.154. The highest BCUT2D eigenvalue weighted by Gasteiger charge is 2.48. The summed E-state index contributed by atoms with van der Waals surface area (Å²) in [5.74, 6) is -2.35. The van der Waals surface area contributed by atoms with Crippen LogP contribution in [0.25, 0.3) is 0 Å². The first-order valence-electron chi connectivity index (χ1n) is 11.1. The maximum Gasteiger partial charge on any atom is 0.534 e. The number of fused-ring (bicyclic) bond motifs is 1. The number of hydrogen-bond acceptors (Lipinski definition) is 6. The molecule has 7 nitrogen and oxygen atoms in total. The summed E-state index contributed by atoms with van der Waals surface area (Å²) in [6, 6.07) is 20.6. The van der Waals surface area contributed by atoms with E-state index >= 15 is 0 Å². The van der Waals surface area contributed by atoms with E-state index < -0.39 is 39.3 Å². The van der Waals surface area contributed by atoms with Gasteiger partial charge < -0.3 is 13.8 Å². The van der Waals surface area contributed by atoms with E-state index in [2.05, 4.69) is 4.18 Å². The maximum atomic E-state index is 14.0. The molecule has 194 valence electrons. The lowest BCUT2D eigenvalue weighted by Crippen LogP contribution is -2.50. The summed E-state index contributed by atoms with van der Waals surface area (Å²) in [5, 5.41) is 0. The fraction of sp³-hybridized carbons (Fsp3) is 0.231. The monoisotopic (exact) mass is 533 g/mol. The molecule has 3 aromatic rings. The van der Waals surface area contributed by atoms with Crippen LogP contribution in [0.2, 0.25) is 0 Å². The van der Waals surface area contributed by atoms with Crippen molar-refractivity contribution >= 4 is 22.0 Å². The molecule has 1 atom stereocenters. The van der Waals surface area contributed by atoms with Crippen LogP contribution >= 0.6 is 0 Å². The third kappa shape index (κ3) is 5.46. The van der Waals surface area contributed by atoms with Gasteiger partial charge in [0.2, 0.25) is 5.91 Å². The van der Waals surface area contributed by atoms with Gasteiger partial charge in [0.1, 0.15) is 11.8 Å². The van der Waals surface area contributed by atoms with Gasteiger partial charge in [-0.15, -0.1) is 0 Å². The zero-order valence-electron chi connectivity index (χ0n) is 19.5. The zero-order valence-corrected chi connectivity index (χ0v) is 20.3. The number of alkyl halides is 3. The van der Waals surface area contributed by atoms with E-state index in [9.17, 15) is 31.2 Å². The summed E-state index contributed by atoms with van der Waals surface area (Å²) in [6.07, 6.45) is -0.104. The van der Waals surface area contributed by atoms with Crippen LogP contribution in [-0.2, 0) is 37.4 Å². The summed E-state index contributed by atoms with van der Waals surface area (Å²) in [4.78, 5) is 28.1. The molecule has 0 bridgehead atoms. The van der Waals surface area contributed by atoms with Crippen molar-refractivity contribution in [2.24, 2.45) is 0 Å². The highest BCUT2D eigenvalue weighted by molar-refractivity contribution is 7.88. The molecule has 1 aliphatic rings. The molecule has 0 fully saturated rings. The number of esters is 1. The minimum Gasteiger partial charge on any atom is -0.467 e. The van der Waals surface area contributed by atoms with Gasteiger partial charge >= 0.3 is 21.6 Å². The summed E-state index contributed by atoms with van der Waals surface area (Å²) in [5.41, 5.74) is -3.26. The molecule has 0 spiro atoms. The highest BCUT2D eigenvalue weighted by Crippen LogP contribution is 2.34. The third-order valence-electron chi connectivity index (χ3n) is 6.07. The Kier molecular flexibility index (Phi) is 7.26. The minimum atomic E-state index is -5.86. The van der Waals surface area contributed by atoms with Crippen molar-refractivity contribution in [2.75, 3.05) is 7.11 Å². The average Bonchev–Trinajstić information content (AvgIpc) is 2.88. The van der Waals surface area contributed by atoms with Crippen molar-refractivity contribution < 1.29 is 40.1 Å². The molecule has 0 saturated heterocycles. The molecule has 1 amide bonds. The van der Waals surface area contributed by atoms with Crippen LogP contribution < -0.4 is 4.18 Å². The second kappa shape index (κ2) is 10.3. The number of ether oxygens (including phenoxy) is 1. The van der Waals surface area contributed by atoms with Crippen LogP contribution in [-0.4, -0.2) is 43.9 Å². The average molecular weight is 534 g/mol. The maximum absolute atomic E-state index is 14.0. The van der Waals surface area contributed by atoms with Crippen molar-refractivity contribution in [3.8, 4) is 5.75 Å². The van der Waals surface area contributed by atoms with E-state index in [1.807, 2.05) is 36.4 Å². The van der Waals surface area contributed by atoms with Gasteiger partial charge in [-0.2, -0.15) is 21.6 Å². The zero-order chi connectivity index (χ0) is 26.8. The van der Waals surface area contributed by atoms with Crippen LogP contribution in [0, 0.1) is 0 Å². The molecule has 1 aliphatic heterocycles. The van der Waals surface area contributed by atoms with Gasteiger partial charge in [-0.05, 0) is 34.4 Å². The van der Waals surface area contributed by atoms with Crippen LogP contribution in [0.5, 0.6) is 5.75 Å². The molecule has 1 unspecified atom stereocenters. The van der Waals surface area contributed by atoms with Gasteiger partial charge in [0.15, 0.2) is 0 Å². The predicted molar refractivity (Wildman–Crippen MR) is 127 cm³/mol. The van der Waals surface area contributed by atoms with Crippen molar-refractivity contribution in [2.45, 2.75) is 30.4 Å². The number of methoxy groups -OCH3 is 1. The third-order valence-corrected chi connectivity index (χ3v) is 7.05. The first-order valence-corrected chi connectivity index (χ1v) is 12.5. The Balaban J connectivity index is 1.71. The van der Waals surface area contributed by atoms with Gasteiger partial charge in [0.25, 0.3) is 0 Å². The first-order chi connectivity index (χ1) is 17.5. The molecule has 0 radical (unpaired) electrons. The quantitative estimate of drug-likeness (QED) is 0.268. The summed E-state index contributed by atoms with van der Waals surface area (Å²) in [6.45, 7) is -0.0452. The van der Waals surface area contributed by atoms with Crippen LogP contribution in [0.15, 0.2) is 78.9 Å². The fourth-order valence-corrected chi connectivity index (χ4v) is 4.75.